The molecule has 2 N–H and O–H groups in total. The molecule has 32 heavy (non-hydrogen) atoms. The van der Waals surface area contributed by atoms with Gasteiger partial charge in [0, 0.05) is 43.3 Å². The van der Waals surface area contributed by atoms with Crippen LogP contribution in [0.25, 0.3) is 22.3 Å². The van der Waals surface area contributed by atoms with Crippen molar-refractivity contribution >= 4 is 22.9 Å². The number of aryl methyl sites for hydroxylation is 1. The maximum absolute atomic E-state index is 13.1. The van der Waals surface area contributed by atoms with E-state index in [0.29, 0.717) is 56.2 Å². The van der Waals surface area contributed by atoms with Gasteiger partial charge in [0.25, 0.3) is 5.91 Å². The molecule has 2 aromatic heterocycles. The van der Waals surface area contributed by atoms with Gasteiger partial charge in [-0.3, -0.25) is 4.79 Å². The number of rotatable bonds is 5. The standard InChI is InChI=1S/C23H26N6O3/c1-3-4-13-32-23(31)28-11-9-27(10-12-28)22(30)17-5-6-18-16(2)14-21(25-20(18)15-17)19-7-8-29(24)26-19/h3,5-8,14-15H,1,4,9-13,24H2,2H3. The molecule has 1 aliphatic heterocycles. The fraction of sp³-hybridized carbons (Fsp3) is 0.304. The van der Waals surface area contributed by atoms with E-state index in [2.05, 4.69) is 11.7 Å². The molecule has 0 radical (unpaired) electrons. The second-order valence-corrected chi connectivity index (χ2v) is 7.71. The molecule has 1 fully saturated rings. The van der Waals surface area contributed by atoms with E-state index < -0.39 is 0 Å². The van der Waals surface area contributed by atoms with Crippen LogP contribution in [0.2, 0.25) is 0 Å². The van der Waals surface area contributed by atoms with Crippen molar-refractivity contribution in [3.05, 3.63) is 60.3 Å². The van der Waals surface area contributed by atoms with Crippen molar-refractivity contribution in [2.24, 2.45) is 0 Å². The lowest BCUT2D eigenvalue weighted by Crippen LogP contribution is -2.50. The van der Waals surface area contributed by atoms with Gasteiger partial charge in [0.2, 0.25) is 0 Å². The Morgan fingerprint density at radius 2 is 1.88 bits per heavy atom. The van der Waals surface area contributed by atoms with E-state index in [-0.39, 0.29) is 12.0 Å². The van der Waals surface area contributed by atoms with Gasteiger partial charge in [-0.1, -0.05) is 12.1 Å². The summed E-state index contributed by atoms with van der Waals surface area (Å²) in [6.07, 6.45) is 3.63. The van der Waals surface area contributed by atoms with Crippen LogP contribution in [0.3, 0.4) is 0 Å². The first kappa shape index (κ1) is 21.4. The highest BCUT2D eigenvalue weighted by Gasteiger charge is 2.26. The Morgan fingerprint density at radius 1 is 1.12 bits per heavy atom. The molecule has 2 amide bonds. The number of nitrogens with zero attached hydrogens (tertiary/aromatic N) is 5. The van der Waals surface area contributed by atoms with Gasteiger partial charge in [0.05, 0.1) is 17.8 Å². The van der Waals surface area contributed by atoms with E-state index in [9.17, 15) is 9.59 Å². The summed E-state index contributed by atoms with van der Waals surface area (Å²) in [6.45, 7) is 7.71. The van der Waals surface area contributed by atoms with Crippen LogP contribution < -0.4 is 5.84 Å². The van der Waals surface area contributed by atoms with Crippen LogP contribution in [-0.4, -0.2) is 69.5 Å². The second-order valence-electron chi connectivity index (χ2n) is 7.71. The van der Waals surface area contributed by atoms with Gasteiger partial charge >= 0.3 is 6.09 Å². The maximum atomic E-state index is 13.1. The molecule has 1 saturated heterocycles. The Kier molecular flexibility index (Phi) is 6.07. The molecular weight excluding hydrogens is 408 g/mol. The minimum atomic E-state index is -0.350. The molecule has 0 bridgehead atoms. The third-order valence-corrected chi connectivity index (χ3v) is 5.51. The number of nitrogens with two attached hydrogens (primary N) is 1. The van der Waals surface area contributed by atoms with Crippen molar-refractivity contribution in [2.75, 3.05) is 38.6 Å². The zero-order valence-electron chi connectivity index (χ0n) is 18.0. The Bertz CT molecular complexity index is 1160. The van der Waals surface area contributed by atoms with Crippen LogP contribution in [0.1, 0.15) is 22.3 Å². The molecule has 0 atom stereocenters. The Labute approximate surface area is 186 Å². The van der Waals surface area contributed by atoms with Gasteiger partial charge in [0.1, 0.15) is 5.69 Å². The number of hydrogen-bond acceptors (Lipinski definition) is 6. The third kappa shape index (κ3) is 4.41. The van der Waals surface area contributed by atoms with Gasteiger partial charge in [-0.05, 0) is 43.2 Å². The number of nitrogen functional groups attached to an aromatic ring is 1. The molecule has 0 unspecified atom stereocenters. The summed E-state index contributed by atoms with van der Waals surface area (Å²) >= 11 is 0. The minimum Gasteiger partial charge on any atom is -0.449 e. The molecule has 1 aliphatic rings. The zero-order valence-corrected chi connectivity index (χ0v) is 18.0. The van der Waals surface area contributed by atoms with E-state index in [1.807, 2.05) is 31.2 Å². The fourth-order valence-electron chi connectivity index (χ4n) is 3.74. The van der Waals surface area contributed by atoms with E-state index in [0.717, 1.165) is 16.5 Å². The number of pyridine rings is 1. The first-order valence-electron chi connectivity index (χ1n) is 10.5. The number of carbonyl (C=O) groups is 2. The van der Waals surface area contributed by atoms with Crippen LogP contribution in [0.5, 0.6) is 0 Å². The van der Waals surface area contributed by atoms with Gasteiger partial charge in [-0.15, -0.1) is 6.58 Å². The van der Waals surface area contributed by atoms with Crippen LogP contribution >= 0.6 is 0 Å². The topological polar surface area (TPSA) is 107 Å². The third-order valence-electron chi connectivity index (χ3n) is 5.51. The molecule has 166 valence electrons. The summed E-state index contributed by atoms with van der Waals surface area (Å²) in [5, 5.41) is 5.19. The average molecular weight is 435 g/mol. The van der Waals surface area contributed by atoms with E-state index >= 15 is 0 Å². The zero-order chi connectivity index (χ0) is 22.7. The number of ether oxygens (including phenoxy) is 1. The number of piperazine rings is 1. The first-order valence-corrected chi connectivity index (χ1v) is 10.5. The molecule has 9 nitrogen and oxygen atoms in total. The van der Waals surface area contributed by atoms with Gasteiger partial charge in [0.15, 0.2) is 0 Å². The number of fused-ring (bicyclic) bond motifs is 1. The summed E-state index contributed by atoms with van der Waals surface area (Å²) in [7, 11) is 0. The molecule has 4 rings (SSSR count). The molecule has 9 heteroatoms. The van der Waals surface area contributed by atoms with Crippen molar-refractivity contribution in [3.8, 4) is 11.4 Å². The lowest BCUT2D eigenvalue weighted by atomic mass is 10.0. The van der Waals surface area contributed by atoms with Crippen molar-refractivity contribution in [2.45, 2.75) is 13.3 Å². The number of amides is 2. The SMILES string of the molecule is C=CCCOC(=O)N1CCN(C(=O)c2ccc3c(C)cc(-c4ccn(N)n4)nc3c2)CC1. The minimum absolute atomic E-state index is 0.0809. The van der Waals surface area contributed by atoms with Crippen LogP contribution in [0.4, 0.5) is 4.79 Å². The van der Waals surface area contributed by atoms with E-state index in [1.54, 1.807) is 28.1 Å². The average Bonchev–Trinajstić information content (AvgIpc) is 3.24. The lowest BCUT2D eigenvalue weighted by Gasteiger charge is -2.34. The normalized spacial score (nSPS) is 13.9. The highest BCUT2D eigenvalue weighted by molar-refractivity contribution is 5.98. The predicted molar refractivity (Wildman–Crippen MR) is 121 cm³/mol. The van der Waals surface area contributed by atoms with Gasteiger partial charge < -0.3 is 20.4 Å². The molecule has 3 aromatic rings. The number of benzene rings is 1. The Balaban J connectivity index is 1.48. The summed E-state index contributed by atoms with van der Waals surface area (Å²) in [5.74, 6) is 5.58. The first-order chi connectivity index (χ1) is 15.5. The van der Waals surface area contributed by atoms with E-state index in [1.165, 1.54) is 4.79 Å². The summed E-state index contributed by atoms with van der Waals surface area (Å²) in [5.41, 5.74) is 3.70. The Hall–Kier alpha value is -3.88. The van der Waals surface area contributed by atoms with Crippen molar-refractivity contribution in [1.82, 2.24) is 24.7 Å². The molecule has 1 aromatic carbocycles. The summed E-state index contributed by atoms with van der Waals surface area (Å²) in [4.78, 5) is 34.5. The van der Waals surface area contributed by atoms with Crippen LogP contribution in [0.15, 0.2) is 49.2 Å². The smallest absolute Gasteiger partial charge is 0.409 e. The van der Waals surface area contributed by atoms with Crippen molar-refractivity contribution < 1.29 is 14.3 Å². The largest absolute Gasteiger partial charge is 0.449 e. The molecule has 0 spiro atoms. The fourth-order valence-corrected chi connectivity index (χ4v) is 3.74. The number of aromatic nitrogens is 3. The molecule has 0 saturated carbocycles. The maximum Gasteiger partial charge on any atom is 0.409 e. The second kappa shape index (κ2) is 9.09. The van der Waals surface area contributed by atoms with E-state index in [4.69, 9.17) is 15.6 Å². The van der Waals surface area contributed by atoms with Crippen molar-refractivity contribution in [1.29, 1.82) is 0 Å². The summed E-state index contributed by atoms with van der Waals surface area (Å²) < 4.78 is 5.20. The van der Waals surface area contributed by atoms with Crippen LogP contribution in [-0.2, 0) is 4.74 Å². The van der Waals surface area contributed by atoms with Gasteiger partial charge in [-0.2, -0.15) is 9.89 Å². The molecule has 3 heterocycles. The highest BCUT2D eigenvalue weighted by Crippen LogP contribution is 2.24. The van der Waals surface area contributed by atoms with Crippen molar-refractivity contribution in [3.63, 3.8) is 0 Å². The van der Waals surface area contributed by atoms with Crippen LogP contribution in [0, 0.1) is 6.92 Å². The molecular formula is C23H26N6O3. The summed E-state index contributed by atoms with van der Waals surface area (Å²) in [6, 6.07) is 9.31. The number of carbonyl (C=O) groups excluding carboxylic acids is 2. The predicted octanol–water partition coefficient (Wildman–Crippen LogP) is 2.59. The highest BCUT2D eigenvalue weighted by atomic mass is 16.6. The lowest BCUT2D eigenvalue weighted by molar-refractivity contribution is 0.0564. The number of hydrogen-bond donors (Lipinski definition) is 1. The molecule has 0 aliphatic carbocycles. The quantitative estimate of drug-likeness (QED) is 0.376. The van der Waals surface area contributed by atoms with Gasteiger partial charge in [-0.25, -0.2) is 9.78 Å². The Morgan fingerprint density at radius 3 is 2.56 bits per heavy atom. The monoisotopic (exact) mass is 434 g/mol.